The number of anilines is 1. The van der Waals surface area contributed by atoms with E-state index >= 15 is 0 Å². The monoisotopic (exact) mass is 333 g/mol. The molecule has 1 N–H and O–H groups in total. The standard InChI is InChI=1S/C16H19N3O3S/c1-12(20)18-15-4-2-14(3-5-15)16-17-7-8-19(16)10-13-6-9-23(21,22)11-13/h2-5,7-8,13H,6,9-11H2,1H3,(H,18,20)/t13-/m0/s1. The largest absolute Gasteiger partial charge is 0.331 e. The van der Waals surface area contributed by atoms with Crippen molar-refractivity contribution in [2.24, 2.45) is 5.92 Å². The van der Waals surface area contributed by atoms with Crippen molar-refractivity contribution in [3.8, 4) is 11.4 Å². The van der Waals surface area contributed by atoms with Crippen LogP contribution in [0, 0.1) is 5.92 Å². The number of carbonyl (C=O) groups excluding carboxylic acids is 1. The van der Waals surface area contributed by atoms with Crippen molar-refractivity contribution in [3.05, 3.63) is 36.7 Å². The summed E-state index contributed by atoms with van der Waals surface area (Å²) in [5.74, 6) is 1.39. The van der Waals surface area contributed by atoms with Crippen LogP contribution in [-0.2, 0) is 21.2 Å². The molecular formula is C16H19N3O3S. The van der Waals surface area contributed by atoms with Gasteiger partial charge in [-0.2, -0.15) is 0 Å². The van der Waals surface area contributed by atoms with Crippen LogP contribution < -0.4 is 5.32 Å². The van der Waals surface area contributed by atoms with E-state index in [-0.39, 0.29) is 23.3 Å². The van der Waals surface area contributed by atoms with Gasteiger partial charge in [-0.05, 0) is 36.6 Å². The zero-order chi connectivity index (χ0) is 16.4. The first-order valence-corrected chi connectivity index (χ1v) is 9.35. The minimum Gasteiger partial charge on any atom is -0.331 e. The molecule has 23 heavy (non-hydrogen) atoms. The number of rotatable bonds is 4. The third kappa shape index (κ3) is 3.79. The topological polar surface area (TPSA) is 81.1 Å². The summed E-state index contributed by atoms with van der Waals surface area (Å²) in [5, 5.41) is 2.73. The van der Waals surface area contributed by atoms with Crippen molar-refractivity contribution in [2.45, 2.75) is 19.9 Å². The van der Waals surface area contributed by atoms with E-state index in [1.165, 1.54) is 6.92 Å². The Morgan fingerprint density at radius 3 is 2.70 bits per heavy atom. The Balaban J connectivity index is 1.77. The molecule has 0 aliphatic carbocycles. The van der Waals surface area contributed by atoms with E-state index < -0.39 is 9.84 Å². The molecule has 0 spiro atoms. The summed E-state index contributed by atoms with van der Waals surface area (Å²) in [6.45, 7) is 2.12. The summed E-state index contributed by atoms with van der Waals surface area (Å²) < 4.78 is 25.2. The summed E-state index contributed by atoms with van der Waals surface area (Å²) in [6, 6.07) is 7.45. The molecule has 122 valence electrons. The third-order valence-electron chi connectivity index (χ3n) is 3.96. The Kier molecular flexibility index (Phi) is 4.21. The van der Waals surface area contributed by atoms with E-state index in [0.717, 1.165) is 17.1 Å². The fraction of sp³-hybridized carbons (Fsp3) is 0.375. The number of hydrogen-bond acceptors (Lipinski definition) is 4. The van der Waals surface area contributed by atoms with Gasteiger partial charge in [0.2, 0.25) is 5.91 Å². The predicted octanol–water partition coefficient (Wildman–Crippen LogP) is 1.94. The van der Waals surface area contributed by atoms with Gasteiger partial charge in [0.05, 0.1) is 11.5 Å². The second kappa shape index (κ2) is 6.16. The lowest BCUT2D eigenvalue weighted by Gasteiger charge is -2.12. The average molecular weight is 333 g/mol. The fourth-order valence-corrected chi connectivity index (χ4v) is 4.77. The highest BCUT2D eigenvalue weighted by atomic mass is 32.2. The second-order valence-electron chi connectivity index (χ2n) is 5.93. The van der Waals surface area contributed by atoms with Crippen LogP contribution in [0.15, 0.2) is 36.7 Å². The van der Waals surface area contributed by atoms with Gasteiger partial charge in [0, 0.05) is 37.1 Å². The van der Waals surface area contributed by atoms with Crippen molar-refractivity contribution in [2.75, 3.05) is 16.8 Å². The molecule has 1 amide bonds. The molecule has 1 aliphatic rings. The molecule has 2 heterocycles. The first-order chi connectivity index (χ1) is 10.9. The molecule has 1 aromatic carbocycles. The molecule has 1 saturated heterocycles. The number of aromatic nitrogens is 2. The molecule has 6 nitrogen and oxygen atoms in total. The molecule has 3 rings (SSSR count). The molecule has 1 fully saturated rings. The van der Waals surface area contributed by atoms with Gasteiger partial charge in [-0.3, -0.25) is 4.79 Å². The summed E-state index contributed by atoms with van der Waals surface area (Å²) in [6.07, 6.45) is 4.31. The lowest BCUT2D eigenvalue weighted by atomic mass is 10.1. The summed E-state index contributed by atoms with van der Waals surface area (Å²) >= 11 is 0. The number of nitrogens with zero attached hydrogens (tertiary/aromatic N) is 2. The van der Waals surface area contributed by atoms with Crippen LogP contribution in [0.1, 0.15) is 13.3 Å². The van der Waals surface area contributed by atoms with Crippen molar-refractivity contribution in [1.82, 2.24) is 9.55 Å². The van der Waals surface area contributed by atoms with Crippen LogP contribution in [0.2, 0.25) is 0 Å². The molecule has 2 aromatic rings. The predicted molar refractivity (Wildman–Crippen MR) is 88.7 cm³/mol. The highest BCUT2D eigenvalue weighted by Gasteiger charge is 2.28. The van der Waals surface area contributed by atoms with Crippen LogP contribution in [0.3, 0.4) is 0 Å². The van der Waals surface area contributed by atoms with Crippen LogP contribution in [0.4, 0.5) is 5.69 Å². The summed E-state index contributed by atoms with van der Waals surface area (Å²) in [5.41, 5.74) is 1.67. The van der Waals surface area contributed by atoms with Gasteiger partial charge in [0.15, 0.2) is 9.84 Å². The molecule has 1 aliphatic heterocycles. The van der Waals surface area contributed by atoms with Crippen LogP contribution in [-0.4, -0.2) is 35.4 Å². The highest BCUT2D eigenvalue weighted by Crippen LogP contribution is 2.24. The molecule has 7 heteroatoms. The Labute approximate surface area is 135 Å². The normalized spacial score (nSPS) is 19.6. The number of benzene rings is 1. The zero-order valence-electron chi connectivity index (χ0n) is 12.9. The lowest BCUT2D eigenvalue weighted by molar-refractivity contribution is -0.114. The van der Waals surface area contributed by atoms with E-state index in [4.69, 9.17) is 0 Å². The van der Waals surface area contributed by atoms with Crippen molar-refractivity contribution >= 4 is 21.4 Å². The first-order valence-electron chi connectivity index (χ1n) is 7.52. The van der Waals surface area contributed by atoms with Crippen LogP contribution in [0.25, 0.3) is 11.4 Å². The molecule has 0 saturated carbocycles. The third-order valence-corrected chi connectivity index (χ3v) is 5.80. The van der Waals surface area contributed by atoms with Gasteiger partial charge >= 0.3 is 0 Å². The maximum atomic E-state index is 11.6. The van der Waals surface area contributed by atoms with Gasteiger partial charge in [-0.15, -0.1) is 0 Å². The van der Waals surface area contributed by atoms with E-state index in [9.17, 15) is 13.2 Å². The second-order valence-corrected chi connectivity index (χ2v) is 8.16. The maximum absolute atomic E-state index is 11.6. The quantitative estimate of drug-likeness (QED) is 0.927. The summed E-state index contributed by atoms with van der Waals surface area (Å²) in [4.78, 5) is 15.4. The van der Waals surface area contributed by atoms with Crippen molar-refractivity contribution < 1.29 is 13.2 Å². The summed E-state index contributed by atoms with van der Waals surface area (Å²) in [7, 11) is -2.87. The number of amides is 1. The van der Waals surface area contributed by atoms with Gasteiger partial charge < -0.3 is 9.88 Å². The number of imidazole rings is 1. The Bertz CT molecular complexity index is 809. The molecule has 1 atom stereocenters. The minimum absolute atomic E-state index is 0.110. The lowest BCUT2D eigenvalue weighted by Crippen LogP contribution is -2.13. The van der Waals surface area contributed by atoms with E-state index in [0.29, 0.717) is 13.0 Å². The van der Waals surface area contributed by atoms with E-state index in [2.05, 4.69) is 10.3 Å². The Hall–Kier alpha value is -2.15. The highest BCUT2D eigenvalue weighted by molar-refractivity contribution is 7.91. The molecule has 0 bridgehead atoms. The number of sulfone groups is 1. The van der Waals surface area contributed by atoms with Crippen molar-refractivity contribution in [1.29, 1.82) is 0 Å². The maximum Gasteiger partial charge on any atom is 0.221 e. The molecule has 1 aromatic heterocycles. The number of carbonyl (C=O) groups is 1. The number of nitrogens with one attached hydrogen (secondary N) is 1. The van der Waals surface area contributed by atoms with Gasteiger partial charge in [-0.1, -0.05) is 0 Å². The van der Waals surface area contributed by atoms with Crippen LogP contribution >= 0.6 is 0 Å². The van der Waals surface area contributed by atoms with Gasteiger partial charge in [0.25, 0.3) is 0 Å². The molecule has 0 radical (unpaired) electrons. The fourth-order valence-electron chi connectivity index (χ4n) is 2.92. The molecular weight excluding hydrogens is 314 g/mol. The van der Waals surface area contributed by atoms with E-state index in [1.54, 1.807) is 6.20 Å². The molecule has 0 unspecified atom stereocenters. The SMILES string of the molecule is CC(=O)Nc1ccc(-c2nccn2C[C@@H]2CCS(=O)(=O)C2)cc1. The van der Waals surface area contributed by atoms with Crippen molar-refractivity contribution in [3.63, 3.8) is 0 Å². The Morgan fingerprint density at radius 2 is 2.09 bits per heavy atom. The smallest absolute Gasteiger partial charge is 0.221 e. The van der Waals surface area contributed by atoms with Gasteiger partial charge in [0.1, 0.15) is 5.82 Å². The zero-order valence-corrected chi connectivity index (χ0v) is 13.7. The first kappa shape index (κ1) is 15.7. The van der Waals surface area contributed by atoms with Gasteiger partial charge in [-0.25, -0.2) is 13.4 Å². The Morgan fingerprint density at radius 1 is 1.35 bits per heavy atom. The minimum atomic E-state index is -2.87. The van der Waals surface area contributed by atoms with Crippen LogP contribution in [0.5, 0.6) is 0 Å². The number of hydrogen-bond donors (Lipinski definition) is 1. The van der Waals surface area contributed by atoms with E-state index in [1.807, 2.05) is 35.0 Å². The average Bonchev–Trinajstić information content (AvgIpc) is 3.06.